The summed E-state index contributed by atoms with van der Waals surface area (Å²) in [5.74, 6) is -0.549. The Bertz CT molecular complexity index is 568. The van der Waals surface area contributed by atoms with E-state index in [1.165, 1.54) is 19.2 Å². The van der Waals surface area contributed by atoms with Gasteiger partial charge in [0.05, 0.1) is 17.3 Å². The average molecular weight is 322 g/mol. The van der Waals surface area contributed by atoms with E-state index in [0.717, 1.165) is 11.0 Å². The van der Waals surface area contributed by atoms with E-state index in [1.54, 1.807) is 6.07 Å². The van der Waals surface area contributed by atoms with Gasteiger partial charge in [-0.3, -0.25) is 0 Å². The van der Waals surface area contributed by atoms with Gasteiger partial charge in [0.2, 0.25) is 5.82 Å². The van der Waals surface area contributed by atoms with Gasteiger partial charge in [0.15, 0.2) is 0 Å². The van der Waals surface area contributed by atoms with Crippen molar-refractivity contribution in [2.24, 2.45) is 0 Å². The number of alkyl halides is 3. The van der Waals surface area contributed by atoms with Crippen molar-refractivity contribution < 1.29 is 17.9 Å². The molecule has 18 heavy (non-hydrogen) atoms. The van der Waals surface area contributed by atoms with Gasteiger partial charge in [-0.05, 0) is 34.1 Å². The maximum Gasteiger partial charge on any atom is 0.451 e. The highest BCUT2D eigenvalue weighted by Crippen LogP contribution is 2.31. The molecule has 1 aromatic heterocycles. The predicted octanol–water partition coefficient (Wildman–Crippen LogP) is 3.06. The van der Waals surface area contributed by atoms with Gasteiger partial charge in [-0.15, -0.1) is 0 Å². The predicted molar refractivity (Wildman–Crippen MR) is 60.6 cm³/mol. The third-order valence-electron chi connectivity index (χ3n) is 2.18. The van der Waals surface area contributed by atoms with Crippen LogP contribution >= 0.6 is 15.9 Å². The standard InChI is InChI=1S/C10H7BrF3N3O/c1-18-8-3-2-6(4-7(8)11)17-9(10(12,13)14)15-5-16-17/h2-5H,1H3. The van der Waals surface area contributed by atoms with E-state index in [4.69, 9.17) is 4.74 Å². The topological polar surface area (TPSA) is 39.9 Å². The van der Waals surface area contributed by atoms with Crippen molar-refractivity contribution in [2.75, 3.05) is 7.11 Å². The van der Waals surface area contributed by atoms with Crippen LogP contribution in [0, 0.1) is 0 Å². The van der Waals surface area contributed by atoms with Gasteiger partial charge < -0.3 is 4.74 Å². The zero-order chi connectivity index (χ0) is 13.3. The molecule has 1 aromatic carbocycles. The van der Waals surface area contributed by atoms with Crippen molar-refractivity contribution in [2.45, 2.75) is 6.18 Å². The van der Waals surface area contributed by atoms with E-state index < -0.39 is 12.0 Å². The van der Waals surface area contributed by atoms with E-state index in [9.17, 15) is 13.2 Å². The second kappa shape index (κ2) is 4.60. The highest BCUT2D eigenvalue weighted by atomic mass is 79.9. The maximum atomic E-state index is 12.7. The summed E-state index contributed by atoms with van der Waals surface area (Å²) < 4.78 is 44.2. The SMILES string of the molecule is COc1ccc(-n2ncnc2C(F)(F)F)cc1Br. The van der Waals surface area contributed by atoms with Crippen molar-refractivity contribution in [3.8, 4) is 11.4 Å². The number of methoxy groups -OCH3 is 1. The number of nitrogens with zero attached hydrogens (tertiary/aromatic N) is 3. The summed E-state index contributed by atoms with van der Waals surface area (Å²) in [6.07, 6.45) is -3.69. The zero-order valence-corrected chi connectivity index (χ0v) is 10.7. The molecule has 0 spiro atoms. The molecule has 0 aliphatic rings. The van der Waals surface area contributed by atoms with E-state index in [-0.39, 0.29) is 5.69 Å². The van der Waals surface area contributed by atoms with Gasteiger partial charge in [0.1, 0.15) is 12.1 Å². The summed E-state index contributed by atoms with van der Waals surface area (Å²) >= 11 is 3.20. The molecule has 2 aromatic rings. The Balaban J connectivity index is 2.50. The van der Waals surface area contributed by atoms with Crippen LogP contribution < -0.4 is 4.74 Å². The molecule has 2 rings (SSSR count). The van der Waals surface area contributed by atoms with Crippen LogP contribution in [0.2, 0.25) is 0 Å². The lowest BCUT2D eigenvalue weighted by molar-refractivity contribution is -0.146. The van der Waals surface area contributed by atoms with Gasteiger partial charge in [0.25, 0.3) is 0 Å². The molecule has 1 heterocycles. The van der Waals surface area contributed by atoms with Crippen LogP contribution in [0.15, 0.2) is 29.0 Å². The van der Waals surface area contributed by atoms with Crippen LogP contribution in [0.4, 0.5) is 13.2 Å². The van der Waals surface area contributed by atoms with Crippen LogP contribution in [-0.4, -0.2) is 21.9 Å². The molecule has 0 aliphatic heterocycles. The Morgan fingerprint density at radius 2 is 2.06 bits per heavy atom. The van der Waals surface area contributed by atoms with Crippen LogP contribution in [0.25, 0.3) is 5.69 Å². The highest BCUT2D eigenvalue weighted by Gasteiger charge is 2.37. The minimum atomic E-state index is -4.55. The summed E-state index contributed by atoms with van der Waals surface area (Å²) in [6, 6.07) is 4.48. The van der Waals surface area contributed by atoms with Crippen LogP contribution in [0.5, 0.6) is 5.75 Å². The molecule has 0 bridgehead atoms. The summed E-state index contributed by atoms with van der Waals surface area (Å²) in [5, 5.41) is 3.57. The Labute approximate surface area is 109 Å². The molecule has 0 saturated heterocycles. The molecule has 0 unspecified atom stereocenters. The fraction of sp³-hybridized carbons (Fsp3) is 0.200. The van der Waals surface area contributed by atoms with Crippen molar-refractivity contribution in [1.82, 2.24) is 14.8 Å². The summed E-state index contributed by atoms with van der Waals surface area (Å²) in [5.41, 5.74) is 0.243. The van der Waals surface area contributed by atoms with Crippen molar-refractivity contribution in [3.63, 3.8) is 0 Å². The first-order valence-electron chi connectivity index (χ1n) is 4.74. The molecule has 8 heteroatoms. The normalized spacial score (nSPS) is 11.6. The second-order valence-corrected chi connectivity index (χ2v) is 4.17. The summed E-state index contributed by atoms with van der Waals surface area (Å²) in [6.45, 7) is 0. The van der Waals surface area contributed by atoms with Crippen molar-refractivity contribution in [1.29, 1.82) is 0 Å². The molecule has 0 saturated carbocycles. The Hall–Kier alpha value is -1.57. The number of aromatic nitrogens is 3. The smallest absolute Gasteiger partial charge is 0.451 e. The average Bonchev–Trinajstić information content (AvgIpc) is 2.77. The van der Waals surface area contributed by atoms with Crippen LogP contribution in [0.3, 0.4) is 0 Å². The van der Waals surface area contributed by atoms with E-state index in [0.29, 0.717) is 10.2 Å². The minimum Gasteiger partial charge on any atom is -0.496 e. The first-order valence-corrected chi connectivity index (χ1v) is 5.54. The fourth-order valence-corrected chi connectivity index (χ4v) is 1.94. The lowest BCUT2D eigenvalue weighted by atomic mass is 10.3. The van der Waals surface area contributed by atoms with Gasteiger partial charge in [-0.2, -0.15) is 18.3 Å². The number of halogens is 4. The van der Waals surface area contributed by atoms with Gasteiger partial charge >= 0.3 is 6.18 Å². The first kappa shape index (κ1) is 12.9. The first-order chi connectivity index (χ1) is 8.43. The number of rotatable bonds is 2. The maximum absolute atomic E-state index is 12.7. The van der Waals surface area contributed by atoms with Gasteiger partial charge in [0, 0.05) is 0 Å². The van der Waals surface area contributed by atoms with Crippen molar-refractivity contribution in [3.05, 3.63) is 34.8 Å². The van der Waals surface area contributed by atoms with E-state index in [1.807, 2.05) is 0 Å². The summed E-state index contributed by atoms with van der Waals surface area (Å²) in [7, 11) is 1.47. The summed E-state index contributed by atoms with van der Waals surface area (Å²) in [4.78, 5) is 3.22. The second-order valence-electron chi connectivity index (χ2n) is 3.31. The van der Waals surface area contributed by atoms with Crippen LogP contribution in [0.1, 0.15) is 5.82 Å². The lowest BCUT2D eigenvalue weighted by Gasteiger charge is -2.10. The highest BCUT2D eigenvalue weighted by molar-refractivity contribution is 9.10. The lowest BCUT2D eigenvalue weighted by Crippen LogP contribution is -2.14. The molecule has 0 aliphatic carbocycles. The molecule has 0 fully saturated rings. The number of ether oxygens (including phenoxy) is 1. The third kappa shape index (κ3) is 2.33. The number of hydrogen-bond donors (Lipinski definition) is 0. The monoisotopic (exact) mass is 321 g/mol. The van der Waals surface area contributed by atoms with E-state index in [2.05, 4.69) is 26.0 Å². The number of benzene rings is 1. The fourth-order valence-electron chi connectivity index (χ4n) is 1.41. The molecular formula is C10H7BrF3N3O. The molecule has 0 N–H and O–H groups in total. The van der Waals surface area contributed by atoms with E-state index >= 15 is 0 Å². The molecule has 0 amide bonds. The minimum absolute atomic E-state index is 0.243. The third-order valence-corrected chi connectivity index (χ3v) is 2.80. The Morgan fingerprint density at radius 1 is 1.33 bits per heavy atom. The Kier molecular flexibility index (Phi) is 3.29. The molecule has 0 atom stereocenters. The quantitative estimate of drug-likeness (QED) is 0.853. The molecule has 4 nitrogen and oxygen atoms in total. The number of hydrogen-bond acceptors (Lipinski definition) is 3. The largest absolute Gasteiger partial charge is 0.496 e. The molecule has 0 radical (unpaired) electrons. The molecule has 96 valence electrons. The van der Waals surface area contributed by atoms with Crippen molar-refractivity contribution >= 4 is 15.9 Å². The zero-order valence-electron chi connectivity index (χ0n) is 9.07. The molecular weight excluding hydrogens is 315 g/mol. The Morgan fingerprint density at radius 3 is 2.61 bits per heavy atom. The van der Waals surface area contributed by atoms with Gasteiger partial charge in [-0.25, -0.2) is 9.67 Å². The van der Waals surface area contributed by atoms with Crippen LogP contribution in [-0.2, 0) is 6.18 Å². The van der Waals surface area contributed by atoms with Gasteiger partial charge in [-0.1, -0.05) is 0 Å².